The predicted octanol–water partition coefficient (Wildman–Crippen LogP) is 1.06. The summed E-state index contributed by atoms with van der Waals surface area (Å²) in [5.41, 5.74) is 0.256. The molecule has 0 amide bonds. The Morgan fingerprint density at radius 3 is 2.52 bits per heavy atom. The third-order valence-corrected chi connectivity index (χ3v) is 4.04. The Hall–Kier alpha value is -2.41. The monoisotopic (exact) mass is 306 g/mol. The largest absolute Gasteiger partial charge is 0.327 e. The first-order chi connectivity index (χ1) is 10.0. The Morgan fingerprint density at radius 2 is 1.86 bits per heavy atom. The first-order valence-corrected chi connectivity index (χ1v) is 7.85. The number of aromatic nitrogens is 1. The quantitative estimate of drug-likeness (QED) is 0.780. The number of pyridine rings is 1. The number of benzene rings is 1. The van der Waals surface area contributed by atoms with E-state index in [-0.39, 0.29) is 17.9 Å². The Bertz CT molecular complexity index is 782. The fraction of sp³-hybridized carbons (Fsp3) is 0.143. The average molecular weight is 306 g/mol. The average Bonchev–Trinajstić information content (AvgIpc) is 2.43. The van der Waals surface area contributed by atoms with Gasteiger partial charge in [0.05, 0.1) is 5.75 Å². The molecule has 0 atom stereocenters. The van der Waals surface area contributed by atoms with E-state index in [1.54, 1.807) is 30.3 Å². The molecule has 0 aliphatic heterocycles. The summed E-state index contributed by atoms with van der Waals surface area (Å²) < 4.78 is 26.5. The fourth-order valence-electron chi connectivity index (χ4n) is 1.88. The summed E-state index contributed by atoms with van der Waals surface area (Å²) >= 11 is 0. The highest BCUT2D eigenvalue weighted by molar-refractivity contribution is 7.91. The van der Waals surface area contributed by atoms with Gasteiger partial charge in [-0.15, -0.1) is 0 Å². The second kappa shape index (κ2) is 6.36. The first kappa shape index (κ1) is 15.0. The van der Waals surface area contributed by atoms with Crippen molar-refractivity contribution in [1.29, 1.82) is 0 Å². The van der Waals surface area contributed by atoms with E-state index in [4.69, 9.17) is 0 Å². The highest BCUT2D eigenvalue weighted by atomic mass is 32.2. The molecular formula is C14H14N2O4S. The van der Waals surface area contributed by atoms with Gasteiger partial charge < -0.3 is 9.78 Å². The number of carbonyl (C=O) groups excluding carboxylic acids is 1. The number of hydrogen-bond donors (Lipinski definition) is 2. The van der Waals surface area contributed by atoms with Crippen molar-refractivity contribution in [3.63, 3.8) is 0 Å². The van der Waals surface area contributed by atoms with Crippen LogP contribution < -0.4 is 10.3 Å². The normalized spacial score (nSPS) is 11.0. The number of nitrogens with one attached hydrogen (secondary N) is 2. The molecule has 2 aromatic rings. The lowest BCUT2D eigenvalue weighted by Gasteiger charge is -2.10. The molecule has 0 fully saturated rings. The van der Waals surface area contributed by atoms with E-state index in [0.29, 0.717) is 17.4 Å². The summed E-state index contributed by atoms with van der Waals surface area (Å²) in [6, 6.07) is 10.1. The molecule has 0 unspecified atom stereocenters. The molecule has 1 aromatic heterocycles. The molecule has 1 heterocycles. The number of hydrogen-bond acceptors (Lipinski definition) is 4. The zero-order valence-corrected chi connectivity index (χ0v) is 11.9. The number of aromatic amines is 1. The van der Waals surface area contributed by atoms with Gasteiger partial charge in [0.1, 0.15) is 12.0 Å². The van der Waals surface area contributed by atoms with Crippen LogP contribution in [0.3, 0.4) is 0 Å². The molecule has 1 aromatic carbocycles. The van der Waals surface area contributed by atoms with E-state index in [9.17, 15) is 18.0 Å². The van der Waals surface area contributed by atoms with Crippen molar-refractivity contribution < 1.29 is 13.2 Å². The van der Waals surface area contributed by atoms with E-state index in [0.717, 1.165) is 0 Å². The van der Waals surface area contributed by atoms with Gasteiger partial charge in [-0.1, -0.05) is 30.3 Å². The second-order valence-corrected chi connectivity index (χ2v) is 6.15. The van der Waals surface area contributed by atoms with Crippen LogP contribution in [0.4, 0.5) is 5.69 Å². The van der Waals surface area contributed by atoms with Gasteiger partial charge in [0.15, 0.2) is 0 Å². The maximum atomic E-state index is 12.1. The highest BCUT2D eigenvalue weighted by Gasteiger charge is 2.16. The third kappa shape index (κ3) is 4.03. The van der Waals surface area contributed by atoms with Crippen LogP contribution in [-0.2, 0) is 27.0 Å². The molecule has 0 saturated heterocycles. The van der Waals surface area contributed by atoms with E-state index < -0.39 is 15.6 Å². The van der Waals surface area contributed by atoms with E-state index in [1.807, 2.05) is 0 Å². The number of rotatable bonds is 6. The first-order valence-electron chi connectivity index (χ1n) is 6.20. The predicted molar refractivity (Wildman–Crippen MR) is 79.5 cm³/mol. The molecule has 0 bridgehead atoms. The Labute approximate surface area is 121 Å². The number of sulfonamides is 1. The SMILES string of the molecule is O=CCc1cc[nH]c(=O)c1NS(=O)(=O)Cc1ccccc1. The topological polar surface area (TPSA) is 96.1 Å². The molecule has 0 radical (unpaired) electrons. The third-order valence-electron chi connectivity index (χ3n) is 2.81. The van der Waals surface area contributed by atoms with Gasteiger partial charge in [-0.3, -0.25) is 9.52 Å². The summed E-state index contributed by atoms with van der Waals surface area (Å²) in [7, 11) is -3.74. The van der Waals surface area contributed by atoms with Gasteiger partial charge >= 0.3 is 0 Å². The summed E-state index contributed by atoms with van der Waals surface area (Å²) in [6.07, 6.45) is 1.95. The molecule has 2 N–H and O–H groups in total. The molecule has 21 heavy (non-hydrogen) atoms. The zero-order chi connectivity index (χ0) is 15.3. The van der Waals surface area contributed by atoms with Crippen molar-refractivity contribution in [2.45, 2.75) is 12.2 Å². The van der Waals surface area contributed by atoms with Gasteiger partial charge in [0.2, 0.25) is 10.0 Å². The van der Waals surface area contributed by atoms with Crippen LogP contribution in [0, 0.1) is 0 Å². The Kier molecular flexibility index (Phi) is 4.54. The second-order valence-electron chi connectivity index (χ2n) is 4.42. The lowest BCUT2D eigenvalue weighted by molar-refractivity contribution is -0.107. The van der Waals surface area contributed by atoms with E-state index >= 15 is 0 Å². The molecule has 110 valence electrons. The molecule has 0 aliphatic rings. The molecule has 0 aliphatic carbocycles. The van der Waals surface area contributed by atoms with Crippen molar-refractivity contribution in [2.75, 3.05) is 4.72 Å². The number of anilines is 1. The van der Waals surface area contributed by atoms with Crippen LogP contribution in [0.2, 0.25) is 0 Å². The molecule has 6 nitrogen and oxygen atoms in total. The summed E-state index contributed by atoms with van der Waals surface area (Å²) in [4.78, 5) is 24.7. The van der Waals surface area contributed by atoms with E-state index in [1.165, 1.54) is 12.3 Å². The van der Waals surface area contributed by atoms with Crippen LogP contribution in [0.15, 0.2) is 47.4 Å². The minimum absolute atomic E-state index is 0.0346. The maximum absolute atomic E-state index is 12.1. The van der Waals surface area contributed by atoms with Crippen LogP contribution >= 0.6 is 0 Å². The number of carbonyl (C=O) groups is 1. The highest BCUT2D eigenvalue weighted by Crippen LogP contribution is 2.13. The lowest BCUT2D eigenvalue weighted by Crippen LogP contribution is -2.23. The minimum atomic E-state index is -3.74. The fourth-order valence-corrected chi connectivity index (χ4v) is 3.11. The maximum Gasteiger partial charge on any atom is 0.272 e. The van der Waals surface area contributed by atoms with Crippen LogP contribution in [0.1, 0.15) is 11.1 Å². The molecule has 2 rings (SSSR count). The van der Waals surface area contributed by atoms with Crippen molar-refractivity contribution in [3.05, 3.63) is 64.1 Å². The molecule has 0 saturated carbocycles. The van der Waals surface area contributed by atoms with Crippen LogP contribution in [-0.4, -0.2) is 19.7 Å². The van der Waals surface area contributed by atoms with Crippen LogP contribution in [0.25, 0.3) is 0 Å². The van der Waals surface area contributed by atoms with Gasteiger partial charge in [0.25, 0.3) is 5.56 Å². The van der Waals surface area contributed by atoms with Crippen molar-refractivity contribution in [2.24, 2.45) is 0 Å². The van der Waals surface area contributed by atoms with Gasteiger partial charge in [-0.2, -0.15) is 0 Å². The summed E-state index contributed by atoms with van der Waals surface area (Å²) in [5, 5.41) is 0. The van der Waals surface area contributed by atoms with E-state index in [2.05, 4.69) is 9.71 Å². The van der Waals surface area contributed by atoms with Crippen molar-refractivity contribution in [3.8, 4) is 0 Å². The summed E-state index contributed by atoms with van der Waals surface area (Å²) in [6.45, 7) is 0. The number of H-pyrrole nitrogens is 1. The molecule has 7 heteroatoms. The Morgan fingerprint density at radius 1 is 1.14 bits per heavy atom. The van der Waals surface area contributed by atoms with Gasteiger partial charge in [-0.25, -0.2) is 8.42 Å². The summed E-state index contributed by atoms with van der Waals surface area (Å²) in [5.74, 6) is -0.247. The zero-order valence-electron chi connectivity index (χ0n) is 11.1. The molecular weight excluding hydrogens is 292 g/mol. The lowest BCUT2D eigenvalue weighted by atomic mass is 10.2. The Balaban J connectivity index is 2.29. The van der Waals surface area contributed by atoms with Gasteiger partial charge in [-0.05, 0) is 17.2 Å². The number of aldehydes is 1. The minimum Gasteiger partial charge on any atom is -0.327 e. The van der Waals surface area contributed by atoms with Crippen LogP contribution in [0.5, 0.6) is 0 Å². The van der Waals surface area contributed by atoms with Gasteiger partial charge in [0, 0.05) is 12.6 Å². The smallest absolute Gasteiger partial charge is 0.272 e. The molecule has 0 spiro atoms. The van der Waals surface area contributed by atoms with Crippen molar-refractivity contribution >= 4 is 22.0 Å². The standard InChI is InChI=1S/C14H14N2O4S/c17-9-7-12-6-8-15-14(18)13(12)16-21(19,20)10-11-4-2-1-3-5-11/h1-6,8-9,16H,7,10H2,(H,15,18). The van der Waals surface area contributed by atoms with Crippen molar-refractivity contribution in [1.82, 2.24) is 4.98 Å².